The van der Waals surface area contributed by atoms with E-state index in [0.717, 1.165) is 12.4 Å². The topological polar surface area (TPSA) is 46.3 Å². The molecular formula is C10H20N2OS2. The van der Waals surface area contributed by atoms with Gasteiger partial charge in [0.1, 0.15) is 5.78 Å². The Hall–Kier alpha value is 0.290. The molecule has 0 saturated carbocycles. The molecule has 2 N–H and O–H groups in total. The number of thiol groups is 1. The van der Waals surface area contributed by atoms with Gasteiger partial charge in [0.15, 0.2) is 0 Å². The molecule has 1 heterocycles. The third-order valence-electron chi connectivity index (χ3n) is 2.71. The van der Waals surface area contributed by atoms with Gasteiger partial charge >= 0.3 is 0 Å². The van der Waals surface area contributed by atoms with Crippen LogP contribution in [0, 0.1) is 0 Å². The van der Waals surface area contributed by atoms with Crippen LogP contribution in [0.3, 0.4) is 0 Å². The summed E-state index contributed by atoms with van der Waals surface area (Å²) in [5.41, 5.74) is 5.87. The molecule has 88 valence electrons. The number of rotatable bonds is 4. The van der Waals surface area contributed by atoms with Gasteiger partial charge in [-0.05, 0) is 20.8 Å². The number of carbonyl (C=O) groups is 1. The first-order valence-corrected chi connectivity index (χ1v) is 6.75. The molecule has 3 nitrogen and oxygen atoms in total. The first kappa shape index (κ1) is 13.4. The van der Waals surface area contributed by atoms with Crippen LogP contribution in [-0.2, 0) is 4.79 Å². The molecule has 0 aromatic rings. The van der Waals surface area contributed by atoms with Gasteiger partial charge in [0.05, 0.1) is 6.04 Å². The number of ketones is 1. The molecule has 2 atom stereocenters. The Kier molecular flexibility index (Phi) is 4.52. The summed E-state index contributed by atoms with van der Waals surface area (Å²) in [5.74, 6) is 1.78. The second-order valence-corrected chi connectivity index (χ2v) is 6.57. The maximum atomic E-state index is 11.6. The van der Waals surface area contributed by atoms with E-state index in [0.29, 0.717) is 5.75 Å². The smallest absolute Gasteiger partial charge is 0.148 e. The normalized spacial score (nSPS) is 27.9. The molecular weight excluding hydrogens is 228 g/mol. The van der Waals surface area contributed by atoms with Crippen LogP contribution in [0.4, 0.5) is 0 Å². The van der Waals surface area contributed by atoms with Gasteiger partial charge in [-0.1, -0.05) is 0 Å². The quantitative estimate of drug-likeness (QED) is 0.728. The van der Waals surface area contributed by atoms with Crippen LogP contribution in [0.5, 0.6) is 0 Å². The van der Waals surface area contributed by atoms with E-state index in [-0.39, 0.29) is 22.6 Å². The number of hydrogen-bond donors (Lipinski definition) is 2. The van der Waals surface area contributed by atoms with Crippen LogP contribution in [0.25, 0.3) is 0 Å². The Labute approximate surface area is 102 Å². The molecule has 5 heteroatoms. The Balaban J connectivity index is 2.70. The zero-order valence-corrected chi connectivity index (χ0v) is 11.3. The van der Waals surface area contributed by atoms with Gasteiger partial charge < -0.3 is 5.73 Å². The molecule has 1 saturated heterocycles. The van der Waals surface area contributed by atoms with E-state index in [1.54, 1.807) is 6.92 Å². The predicted molar refractivity (Wildman–Crippen MR) is 69.5 cm³/mol. The van der Waals surface area contributed by atoms with Crippen molar-refractivity contribution in [1.29, 1.82) is 0 Å². The maximum absolute atomic E-state index is 11.6. The summed E-state index contributed by atoms with van der Waals surface area (Å²) in [6.45, 7) is 6.66. The minimum Gasteiger partial charge on any atom is -0.326 e. The summed E-state index contributed by atoms with van der Waals surface area (Å²) in [7, 11) is 0. The summed E-state index contributed by atoms with van der Waals surface area (Å²) in [6, 6.07) is 0.0399. The Bertz CT molecular complexity index is 246. The number of nitrogens with two attached hydrogens (primary N) is 1. The van der Waals surface area contributed by atoms with Gasteiger partial charge in [-0.3, -0.25) is 9.69 Å². The molecule has 1 aliphatic rings. The lowest BCUT2D eigenvalue weighted by Crippen LogP contribution is -2.49. The molecule has 1 rings (SSSR count). The molecule has 0 aromatic carbocycles. The lowest BCUT2D eigenvalue weighted by Gasteiger charge is -2.30. The lowest BCUT2D eigenvalue weighted by molar-refractivity contribution is -0.122. The zero-order valence-electron chi connectivity index (χ0n) is 9.56. The third-order valence-corrected chi connectivity index (χ3v) is 4.61. The largest absolute Gasteiger partial charge is 0.326 e. The second-order valence-electron chi connectivity index (χ2n) is 4.60. The van der Waals surface area contributed by atoms with Crippen LogP contribution in [0.15, 0.2) is 0 Å². The highest BCUT2D eigenvalue weighted by Crippen LogP contribution is 2.39. The van der Waals surface area contributed by atoms with Gasteiger partial charge in [0.25, 0.3) is 0 Å². The average molecular weight is 248 g/mol. The summed E-state index contributed by atoms with van der Waals surface area (Å²) >= 11 is 5.99. The number of Topliss-reactive ketones (excluding diaryl/α,β-unsaturated/α-hetero) is 1. The van der Waals surface area contributed by atoms with Gasteiger partial charge in [-0.2, -0.15) is 12.6 Å². The molecule has 15 heavy (non-hydrogen) atoms. The van der Waals surface area contributed by atoms with E-state index in [2.05, 4.69) is 31.4 Å². The molecule has 0 bridgehead atoms. The van der Waals surface area contributed by atoms with E-state index < -0.39 is 0 Å². The summed E-state index contributed by atoms with van der Waals surface area (Å²) in [6.07, 6.45) is 0. The Morgan fingerprint density at radius 2 is 2.33 bits per heavy atom. The molecule has 1 fully saturated rings. The second kappa shape index (κ2) is 5.08. The van der Waals surface area contributed by atoms with Crippen molar-refractivity contribution < 1.29 is 4.79 Å². The standard InChI is InChI=1S/C10H20N2OS2/c1-7(13)9-10(2,3)15-6-12(9)4-8(11)5-14/h8-9,14H,4-6,11H2,1-3H3/t8-,9?/m1/s1. The molecule has 0 aromatic heterocycles. The average Bonchev–Trinajstić information content (AvgIpc) is 2.41. The molecule has 0 aliphatic carbocycles. The molecule has 0 spiro atoms. The van der Waals surface area contributed by atoms with Crippen LogP contribution in [0.1, 0.15) is 20.8 Å². The molecule has 1 aliphatic heterocycles. The Morgan fingerprint density at radius 3 is 2.80 bits per heavy atom. The summed E-state index contributed by atoms with van der Waals surface area (Å²) in [4.78, 5) is 13.8. The summed E-state index contributed by atoms with van der Waals surface area (Å²) in [5, 5.41) is 0. The van der Waals surface area contributed by atoms with Crippen molar-refractivity contribution in [1.82, 2.24) is 4.90 Å². The minimum atomic E-state index is -0.00608. The fourth-order valence-corrected chi connectivity index (χ4v) is 3.45. The Morgan fingerprint density at radius 1 is 1.73 bits per heavy atom. The first-order valence-electron chi connectivity index (χ1n) is 5.13. The van der Waals surface area contributed by atoms with Gasteiger partial charge in [0, 0.05) is 29.0 Å². The molecule has 0 radical (unpaired) electrons. The highest BCUT2D eigenvalue weighted by molar-refractivity contribution is 8.00. The van der Waals surface area contributed by atoms with Crippen molar-refractivity contribution >= 4 is 30.2 Å². The molecule has 0 amide bonds. The fraction of sp³-hybridized carbons (Fsp3) is 0.900. The first-order chi connectivity index (χ1) is 6.88. The maximum Gasteiger partial charge on any atom is 0.148 e. The van der Waals surface area contributed by atoms with E-state index in [1.807, 2.05) is 11.8 Å². The van der Waals surface area contributed by atoms with Crippen LogP contribution < -0.4 is 5.73 Å². The van der Waals surface area contributed by atoms with Gasteiger partial charge in [-0.15, -0.1) is 11.8 Å². The van der Waals surface area contributed by atoms with Crippen molar-refractivity contribution in [2.24, 2.45) is 5.73 Å². The van der Waals surface area contributed by atoms with Crippen molar-refractivity contribution in [2.75, 3.05) is 18.2 Å². The van der Waals surface area contributed by atoms with Crippen LogP contribution >= 0.6 is 24.4 Å². The highest BCUT2D eigenvalue weighted by Gasteiger charge is 2.43. The third kappa shape index (κ3) is 3.12. The van der Waals surface area contributed by atoms with Crippen LogP contribution in [0.2, 0.25) is 0 Å². The van der Waals surface area contributed by atoms with Gasteiger partial charge in [-0.25, -0.2) is 0 Å². The van der Waals surface area contributed by atoms with E-state index >= 15 is 0 Å². The molecule has 1 unspecified atom stereocenters. The lowest BCUT2D eigenvalue weighted by atomic mass is 9.98. The van der Waals surface area contributed by atoms with E-state index in [1.165, 1.54) is 0 Å². The highest BCUT2D eigenvalue weighted by atomic mass is 32.2. The zero-order chi connectivity index (χ0) is 11.6. The number of hydrogen-bond acceptors (Lipinski definition) is 5. The van der Waals surface area contributed by atoms with Crippen molar-refractivity contribution in [2.45, 2.75) is 37.6 Å². The number of thioether (sulfide) groups is 1. The van der Waals surface area contributed by atoms with Crippen molar-refractivity contribution in [3.63, 3.8) is 0 Å². The summed E-state index contributed by atoms with van der Waals surface area (Å²) < 4.78 is 0.00213. The van der Waals surface area contributed by atoms with E-state index in [9.17, 15) is 4.79 Å². The predicted octanol–water partition coefficient (Wildman–Crippen LogP) is 0.986. The van der Waals surface area contributed by atoms with Crippen molar-refractivity contribution in [3.05, 3.63) is 0 Å². The van der Waals surface area contributed by atoms with Crippen molar-refractivity contribution in [3.8, 4) is 0 Å². The number of carbonyl (C=O) groups excluding carboxylic acids is 1. The fourth-order valence-electron chi connectivity index (χ4n) is 2.11. The van der Waals surface area contributed by atoms with Gasteiger partial charge in [0.2, 0.25) is 0 Å². The SMILES string of the molecule is CC(=O)C1N(C[C@@H](N)CS)CSC1(C)C. The van der Waals surface area contributed by atoms with E-state index in [4.69, 9.17) is 5.73 Å². The number of nitrogens with zero attached hydrogens (tertiary/aromatic N) is 1. The van der Waals surface area contributed by atoms with Crippen LogP contribution in [-0.4, -0.2) is 45.7 Å². The monoisotopic (exact) mass is 248 g/mol. The minimum absolute atomic E-state index is 0.00213.